The highest BCUT2D eigenvalue weighted by Crippen LogP contribution is 2.32. The van der Waals surface area contributed by atoms with Gasteiger partial charge in [0.2, 0.25) is 0 Å². The molecule has 0 unspecified atom stereocenters. The van der Waals surface area contributed by atoms with E-state index in [1.165, 1.54) is 12.1 Å². The number of fused-ring (bicyclic) bond motifs is 1. The van der Waals surface area contributed by atoms with E-state index in [0.29, 0.717) is 12.1 Å². The van der Waals surface area contributed by atoms with Gasteiger partial charge in [0.15, 0.2) is 0 Å². The van der Waals surface area contributed by atoms with Crippen LogP contribution in [0.5, 0.6) is 5.75 Å². The SMILES string of the molecule is COc1ccc2c(c1)CCCN2C(=O)c1ccc(F)cc1Cl. The molecule has 2 aromatic carbocycles. The van der Waals surface area contributed by atoms with E-state index in [1.54, 1.807) is 12.0 Å². The Labute approximate surface area is 133 Å². The molecule has 0 radical (unpaired) electrons. The van der Waals surface area contributed by atoms with Crippen LogP contribution in [-0.2, 0) is 6.42 Å². The molecule has 0 aliphatic carbocycles. The van der Waals surface area contributed by atoms with Gasteiger partial charge in [-0.2, -0.15) is 0 Å². The third kappa shape index (κ3) is 2.66. The number of benzene rings is 2. The summed E-state index contributed by atoms with van der Waals surface area (Å²) in [5.74, 6) is 0.106. The van der Waals surface area contributed by atoms with Crippen molar-refractivity contribution in [2.24, 2.45) is 0 Å². The van der Waals surface area contributed by atoms with Crippen molar-refractivity contribution in [3.63, 3.8) is 0 Å². The fourth-order valence-corrected chi connectivity index (χ4v) is 2.97. The van der Waals surface area contributed by atoms with Crippen LogP contribution in [-0.4, -0.2) is 19.6 Å². The monoisotopic (exact) mass is 319 g/mol. The van der Waals surface area contributed by atoms with E-state index < -0.39 is 5.82 Å². The van der Waals surface area contributed by atoms with Crippen molar-refractivity contribution in [3.05, 3.63) is 58.4 Å². The number of rotatable bonds is 2. The van der Waals surface area contributed by atoms with Gasteiger partial charge in [-0.25, -0.2) is 4.39 Å². The van der Waals surface area contributed by atoms with E-state index in [1.807, 2.05) is 18.2 Å². The van der Waals surface area contributed by atoms with E-state index in [9.17, 15) is 9.18 Å². The maximum atomic E-state index is 13.2. The first-order valence-electron chi connectivity index (χ1n) is 7.04. The summed E-state index contributed by atoms with van der Waals surface area (Å²) in [6.07, 6.45) is 1.76. The van der Waals surface area contributed by atoms with Crippen LogP contribution in [0.2, 0.25) is 5.02 Å². The summed E-state index contributed by atoms with van der Waals surface area (Å²) in [7, 11) is 1.62. The van der Waals surface area contributed by atoms with Crippen molar-refractivity contribution in [3.8, 4) is 5.75 Å². The largest absolute Gasteiger partial charge is 0.497 e. The number of aryl methyl sites for hydroxylation is 1. The molecule has 3 nitrogen and oxygen atoms in total. The second-order valence-electron chi connectivity index (χ2n) is 5.18. The molecule has 0 saturated carbocycles. The molecule has 0 N–H and O–H groups in total. The third-order valence-electron chi connectivity index (χ3n) is 3.81. The van der Waals surface area contributed by atoms with E-state index in [2.05, 4.69) is 0 Å². The molecule has 0 aromatic heterocycles. The number of carbonyl (C=O) groups excluding carboxylic acids is 1. The van der Waals surface area contributed by atoms with Gasteiger partial charge in [0, 0.05) is 12.2 Å². The van der Waals surface area contributed by atoms with E-state index in [0.717, 1.165) is 35.9 Å². The zero-order chi connectivity index (χ0) is 15.7. The Morgan fingerprint density at radius 3 is 2.82 bits per heavy atom. The molecule has 2 aromatic rings. The van der Waals surface area contributed by atoms with Crippen LogP contribution in [0.3, 0.4) is 0 Å². The summed E-state index contributed by atoms with van der Waals surface area (Å²) in [6.45, 7) is 0.617. The summed E-state index contributed by atoms with van der Waals surface area (Å²) < 4.78 is 18.4. The van der Waals surface area contributed by atoms with Gasteiger partial charge in [-0.1, -0.05) is 11.6 Å². The number of hydrogen-bond donors (Lipinski definition) is 0. The van der Waals surface area contributed by atoms with Gasteiger partial charge in [0.05, 0.1) is 17.7 Å². The Morgan fingerprint density at radius 2 is 2.09 bits per heavy atom. The highest BCUT2D eigenvalue weighted by molar-refractivity contribution is 6.34. The molecule has 0 spiro atoms. The fraction of sp³-hybridized carbons (Fsp3) is 0.235. The average molecular weight is 320 g/mol. The van der Waals surface area contributed by atoms with E-state index in [-0.39, 0.29) is 10.9 Å². The number of anilines is 1. The number of methoxy groups -OCH3 is 1. The Hall–Kier alpha value is -2.07. The first-order chi connectivity index (χ1) is 10.6. The van der Waals surface area contributed by atoms with Gasteiger partial charge in [-0.3, -0.25) is 4.79 Å². The summed E-state index contributed by atoms with van der Waals surface area (Å²) in [5.41, 5.74) is 2.24. The van der Waals surface area contributed by atoms with E-state index >= 15 is 0 Å². The smallest absolute Gasteiger partial charge is 0.259 e. The van der Waals surface area contributed by atoms with Crippen molar-refractivity contribution < 1.29 is 13.9 Å². The second-order valence-corrected chi connectivity index (χ2v) is 5.59. The van der Waals surface area contributed by atoms with Gasteiger partial charge in [0.25, 0.3) is 5.91 Å². The molecule has 5 heteroatoms. The number of carbonyl (C=O) groups is 1. The molecule has 0 saturated heterocycles. The van der Waals surface area contributed by atoms with Gasteiger partial charge in [0.1, 0.15) is 11.6 Å². The van der Waals surface area contributed by atoms with Crippen LogP contribution in [0.1, 0.15) is 22.3 Å². The quantitative estimate of drug-likeness (QED) is 0.834. The van der Waals surface area contributed by atoms with Crippen molar-refractivity contribution >= 4 is 23.2 Å². The molecule has 0 atom stereocenters. The minimum Gasteiger partial charge on any atom is -0.497 e. The van der Waals surface area contributed by atoms with Crippen molar-refractivity contribution in [1.82, 2.24) is 0 Å². The molecular formula is C17H15ClFNO2. The van der Waals surface area contributed by atoms with Crippen LogP contribution in [0, 0.1) is 5.82 Å². The standard InChI is InChI=1S/C17H15ClFNO2/c1-22-13-5-7-16-11(9-13)3-2-8-20(16)17(21)14-6-4-12(19)10-15(14)18/h4-7,9-10H,2-3,8H2,1H3. The lowest BCUT2D eigenvalue weighted by atomic mass is 10.0. The van der Waals surface area contributed by atoms with Crippen molar-refractivity contribution in [2.75, 3.05) is 18.6 Å². The predicted molar refractivity (Wildman–Crippen MR) is 84.4 cm³/mol. The van der Waals surface area contributed by atoms with Crippen LogP contribution in [0.15, 0.2) is 36.4 Å². The first-order valence-corrected chi connectivity index (χ1v) is 7.42. The number of amides is 1. The molecule has 1 amide bonds. The summed E-state index contributed by atoms with van der Waals surface area (Å²) in [5, 5.41) is 0.130. The normalized spacial score (nSPS) is 13.7. The zero-order valence-corrected chi connectivity index (χ0v) is 12.9. The van der Waals surface area contributed by atoms with Gasteiger partial charge in [-0.05, 0) is 54.8 Å². The van der Waals surface area contributed by atoms with Crippen LogP contribution in [0.25, 0.3) is 0 Å². The topological polar surface area (TPSA) is 29.5 Å². The molecule has 1 aliphatic heterocycles. The number of nitrogens with zero attached hydrogens (tertiary/aromatic N) is 1. The van der Waals surface area contributed by atoms with Gasteiger partial charge >= 0.3 is 0 Å². The molecule has 1 aliphatic rings. The minimum absolute atomic E-state index is 0.130. The fourth-order valence-electron chi connectivity index (χ4n) is 2.72. The van der Waals surface area contributed by atoms with Crippen LogP contribution >= 0.6 is 11.6 Å². The lowest BCUT2D eigenvalue weighted by molar-refractivity contribution is 0.0985. The maximum absolute atomic E-state index is 13.2. The van der Waals surface area contributed by atoms with Crippen LogP contribution < -0.4 is 9.64 Å². The Bertz CT molecular complexity index is 733. The van der Waals surface area contributed by atoms with Gasteiger partial charge < -0.3 is 9.64 Å². The lowest BCUT2D eigenvalue weighted by Crippen LogP contribution is -2.35. The van der Waals surface area contributed by atoms with Crippen molar-refractivity contribution in [2.45, 2.75) is 12.8 Å². The highest BCUT2D eigenvalue weighted by atomic mass is 35.5. The molecule has 114 valence electrons. The Morgan fingerprint density at radius 1 is 1.27 bits per heavy atom. The number of hydrogen-bond acceptors (Lipinski definition) is 2. The molecule has 22 heavy (non-hydrogen) atoms. The highest BCUT2D eigenvalue weighted by Gasteiger charge is 2.25. The van der Waals surface area contributed by atoms with E-state index in [4.69, 9.17) is 16.3 Å². The molecular weight excluding hydrogens is 305 g/mol. The molecule has 0 fully saturated rings. The number of halogens is 2. The second kappa shape index (κ2) is 5.97. The van der Waals surface area contributed by atoms with Gasteiger partial charge in [-0.15, -0.1) is 0 Å². The summed E-state index contributed by atoms with van der Waals surface area (Å²) in [6, 6.07) is 9.49. The first kappa shape index (κ1) is 14.9. The molecule has 0 bridgehead atoms. The predicted octanol–water partition coefficient (Wildman–Crippen LogP) is 4.08. The third-order valence-corrected chi connectivity index (χ3v) is 4.12. The minimum atomic E-state index is -0.453. The van der Waals surface area contributed by atoms with Crippen molar-refractivity contribution in [1.29, 1.82) is 0 Å². The summed E-state index contributed by atoms with van der Waals surface area (Å²) >= 11 is 6.01. The Kier molecular flexibility index (Phi) is 4.03. The average Bonchev–Trinajstić information content (AvgIpc) is 2.53. The Balaban J connectivity index is 1.98. The molecule has 3 rings (SSSR count). The zero-order valence-electron chi connectivity index (χ0n) is 12.1. The maximum Gasteiger partial charge on any atom is 0.259 e. The number of ether oxygens (including phenoxy) is 1. The lowest BCUT2D eigenvalue weighted by Gasteiger charge is -2.30. The molecule has 1 heterocycles. The van der Waals surface area contributed by atoms with Crippen LogP contribution in [0.4, 0.5) is 10.1 Å². The summed E-state index contributed by atoms with van der Waals surface area (Å²) in [4.78, 5) is 14.4.